The standard InChI is InChI=1S/C17H27NOS/c1-13(15-7-5-4-6-8-15)11-17(19)18(3)12-16-10-9-14(2)20-16/h9-10,13,15H,4-8,11-12H2,1-3H3. The number of rotatable bonds is 5. The third-order valence-corrected chi connectivity index (χ3v) is 5.55. The Labute approximate surface area is 127 Å². The number of hydrogen-bond acceptors (Lipinski definition) is 2. The van der Waals surface area contributed by atoms with Gasteiger partial charge < -0.3 is 4.90 Å². The first-order valence-electron chi connectivity index (χ1n) is 7.85. The van der Waals surface area contributed by atoms with Gasteiger partial charge in [-0.05, 0) is 30.9 Å². The SMILES string of the molecule is Cc1ccc(CN(C)C(=O)CC(C)C2CCCCC2)s1. The Hall–Kier alpha value is -0.830. The average Bonchev–Trinajstić information content (AvgIpc) is 2.85. The molecule has 0 bridgehead atoms. The summed E-state index contributed by atoms with van der Waals surface area (Å²) in [5, 5.41) is 0. The Kier molecular flexibility index (Phi) is 5.64. The number of aryl methyl sites for hydroxylation is 1. The highest BCUT2D eigenvalue weighted by atomic mass is 32.1. The molecule has 2 nitrogen and oxygen atoms in total. The summed E-state index contributed by atoms with van der Waals surface area (Å²) in [6.45, 7) is 5.13. The van der Waals surface area contributed by atoms with Gasteiger partial charge in [-0.25, -0.2) is 0 Å². The second-order valence-corrected chi connectivity index (χ2v) is 7.71. The largest absolute Gasteiger partial charge is 0.341 e. The molecule has 0 spiro atoms. The molecule has 1 unspecified atom stereocenters. The molecular formula is C17H27NOS. The lowest BCUT2D eigenvalue weighted by Crippen LogP contribution is -2.29. The van der Waals surface area contributed by atoms with Crippen LogP contribution in [0.1, 0.15) is 55.2 Å². The van der Waals surface area contributed by atoms with Crippen molar-refractivity contribution >= 4 is 17.2 Å². The van der Waals surface area contributed by atoms with Gasteiger partial charge in [0, 0.05) is 23.2 Å². The van der Waals surface area contributed by atoms with E-state index in [-0.39, 0.29) is 0 Å². The molecule has 1 aromatic heterocycles. The lowest BCUT2D eigenvalue weighted by atomic mass is 9.79. The van der Waals surface area contributed by atoms with Crippen molar-refractivity contribution in [1.82, 2.24) is 4.90 Å². The first-order valence-corrected chi connectivity index (χ1v) is 8.67. The van der Waals surface area contributed by atoms with Crippen LogP contribution in [0.2, 0.25) is 0 Å². The Morgan fingerprint density at radius 3 is 2.65 bits per heavy atom. The van der Waals surface area contributed by atoms with E-state index in [1.54, 1.807) is 11.3 Å². The Morgan fingerprint density at radius 1 is 1.35 bits per heavy atom. The van der Waals surface area contributed by atoms with E-state index >= 15 is 0 Å². The summed E-state index contributed by atoms with van der Waals surface area (Å²) in [7, 11) is 1.94. The lowest BCUT2D eigenvalue weighted by Gasteiger charge is -2.28. The van der Waals surface area contributed by atoms with Crippen LogP contribution in [0.25, 0.3) is 0 Å². The zero-order valence-electron chi connectivity index (χ0n) is 13.0. The second-order valence-electron chi connectivity index (χ2n) is 6.34. The molecule has 1 amide bonds. The molecule has 0 aromatic carbocycles. The minimum atomic E-state index is 0.300. The molecule has 1 saturated carbocycles. The Balaban J connectivity index is 1.80. The van der Waals surface area contributed by atoms with E-state index in [9.17, 15) is 4.79 Å². The average molecular weight is 293 g/mol. The van der Waals surface area contributed by atoms with Crippen molar-refractivity contribution in [2.75, 3.05) is 7.05 Å². The molecule has 1 aromatic rings. The van der Waals surface area contributed by atoms with Crippen LogP contribution in [0.15, 0.2) is 12.1 Å². The predicted octanol–water partition coefficient (Wildman–Crippen LogP) is 4.62. The number of amides is 1. The maximum atomic E-state index is 12.3. The molecule has 112 valence electrons. The van der Waals surface area contributed by atoms with Gasteiger partial charge in [0.1, 0.15) is 0 Å². The number of hydrogen-bond donors (Lipinski definition) is 0. The van der Waals surface area contributed by atoms with Gasteiger partial charge in [-0.2, -0.15) is 0 Å². The van der Waals surface area contributed by atoms with Gasteiger partial charge in [0.2, 0.25) is 5.91 Å². The van der Waals surface area contributed by atoms with E-state index in [1.807, 2.05) is 11.9 Å². The molecule has 1 aliphatic carbocycles. The van der Waals surface area contributed by atoms with Crippen LogP contribution in [-0.4, -0.2) is 17.9 Å². The van der Waals surface area contributed by atoms with Crippen LogP contribution < -0.4 is 0 Å². The zero-order chi connectivity index (χ0) is 14.5. The van der Waals surface area contributed by atoms with Gasteiger partial charge >= 0.3 is 0 Å². The van der Waals surface area contributed by atoms with E-state index in [0.717, 1.165) is 12.5 Å². The molecule has 0 aliphatic heterocycles. The quantitative estimate of drug-likeness (QED) is 0.775. The van der Waals surface area contributed by atoms with Crippen molar-refractivity contribution in [2.24, 2.45) is 11.8 Å². The van der Waals surface area contributed by atoms with Crippen molar-refractivity contribution in [3.63, 3.8) is 0 Å². The van der Waals surface area contributed by atoms with Crippen LogP contribution in [0, 0.1) is 18.8 Å². The van der Waals surface area contributed by atoms with Crippen LogP contribution in [0.3, 0.4) is 0 Å². The van der Waals surface area contributed by atoms with E-state index in [2.05, 4.69) is 26.0 Å². The van der Waals surface area contributed by atoms with E-state index in [4.69, 9.17) is 0 Å². The maximum absolute atomic E-state index is 12.3. The Morgan fingerprint density at radius 2 is 2.05 bits per heavy atom. The summed E-state index contributed by atoms with van der Waals surface area (Å²) in [6, 6.07) is 4.26. The minimum Gasteiger partial charge on any atom is -0.341 e. The summed E-state index contributed by atoms with van der Waals surface area (Å²) < 4.78 is 0. The molecule has 0 N–H and O–H groups in total. The fourth-order valence-corrected chi connectivity index (χ4v) is 4.14. The third kappa shape index (κ3) is 4.34. The lowest BCUT2D eigenvalue weighted by molar-refractivity contribution is -0.131. The molecule has 1 fully saturated rings. The van der Waals surface area contributed by atoms with E-state index in [1.165, 1.54) is 41.9 Å². The molecule has 1 atom stereocenters. The zero-order valence-corrected chi connectivity index (χ0v) is 13.8. The molecule has 1 heterocycles. The van der Waals surface area contributed by atoms with Crippen molar-refractivity contribution in [1.29, 1.82) is 0 Å². The number of carbonyl (C=O) groups excluding carboxylic acids is 1. The van der Waals surface area contributed by atoms with Crippen molar-refractivity contribution in [3.8, 4) is 0 Å². The number of nitrogens with zero attached hydrogens (tertiary/aromatic N) is 1. The van der Waals surface area contributed by atoms with Crippen LogP contribution >= 0.6 is 11.3 Å². The highest BCUT2D eigenvalue weighted by Crippen LogP contribution is 2.31. The summed E-state index contributed by atoms with van der Waals surface area (Å²) in [6.07, 6.45) is 7.45. The van der Waals surface area contributed by atoms with Gasteiger partial charge in [-0.15, -0.1) is 11.3 Å². The molecule has 0 radical (unpaired) electrons. The third-order valence-electron chi connectivity index (χ3n) is 4.57. The first-order chi connectivity index (χ1) is 9.56. The summed E-state index contributed by atoms with van der Waals surface area (Å²) in [4.78, 5) is 16.8. The van der Waals surface area contributed by atoms with E-state index < -0.39 is 0 Å². The Bertz CT molecular complexity index is 434. The van der Waals surface area contributed by atoms with Gasteiger partial charge in [0.15, 0.2) is 0 Å². The van der Waals surface area contributed by atoms with Crippen LogP contribution in [-0.2, 0) is 11.3 Å². The fraction of sp³-hybridized carbons (Fsp3) is 0.706. The normalized spacial score (nSPS) is 17.9. The van der Waals surface area contributed by atoms with Gasteiger partial charge in [-0.3, -0.25) is 4.79 Å². The fourth-order valence-electron chi connectivity index (χ4n) is 3.19. The van der Waals surface area contributed by atoms with Crippen molar-refractivity contribution < 1.29 is 4.79 Å². The molecular weight excluding hydrogens is 266 g/mol. The number of thiophene rings is 1. The summed E-state index contributed by atoms with van der Waals surface area (Å²) in [5.74, 6) is 1.61. The summed E-state index contributed by atoms with van der Waals surface area (Å²) in [5.41, 5.74) is 0. The predicted molar refractivity (Wildman–Crippen MR) is 85.9 cm³/mol. The van der Waals surface area contributed by atoms with Gasteiger partial charge in [-0.1, -0.05) is 39.0 Å². The van der Waals surface area contributed by atoms with Crippen LogP contribution in [0.5, 0.6) is 0 Å². The molecule has 3 heteroatoms. The summed E-state index contributed by atoms with van der Waals surface area (Å²) >= 11 is 1.79. The molecule has 0 saturated heterocycles. The van der Waals surface area contributed by atoms with E-state index in [0.29, 0.717) is 18.2 Å². The topological polar surface area (TPSA) is 20.3 Å². The molecule has 1 aliphatic rings. The van der Waals surface area contributed by atoms with Crippen molar-refractivity contribution in [2.45, 2.75) is 58.9 Å². The van der Waals surface area contributed by atoms with Crippen LogP contribution in [0.4, 0.5) is 0 Å². The molecule has 2 rings (SSSR count). The smallest absolute Gasteiger partial charge is 0.222 e. The first kappa shape index (κ1) is 15.6. The highest BCUT2D eigenvalue weighted by molar-refractivity contribution is 7.11. The van der Waals surface area contributed by atoms with Gasteiger partial charge in [0.05, 0.1) is 6.54 Å². The monoisotopic (exact) mass is 293 g/mol. The van der Waals surface area contributed by atoms with Crippen molar-refractivity contribution in [3.05, 3.63) is 21.9 Å². The second kappa shape index (κ2) is 7.26. The highest BCUT2D eigenvalue weighted by Gasteiger charge is 2.23. The van der Waals surface area contributed by atoms with Gasteiger partial charge in [0.25, 0.3) is 0 Å². The maximum Gasteiger partial charge on any atom is 0.222 e. The minimum absolute atomic E-state index is 0.300. The molecule has 20 heavy (non-hydrogen) atoms. The number of carbonyl (C=O) groups is 1.